The molecule has 1 N–H and O–H groups in total. The lowest BCUT2D eigenvalue weighted by molar-refractivity contribution is 0.203. The Labute approximate surface area is 161 Å². The van der Waals surface area contributed by atoms with Gasteiger partial charge in [-0.1, -0.05) is 6.42 Å². The molecule has 0 bridgehead atoms. The summed E-state index contributed by atoms with van der Waals surface area (Å²) in [7, 11) is 3.99. The average molecular weight is 371 g/mol. The Morgan fingerprint density at radius 3 is 2.74 bits per heavy atom. The Hall–Kier alpha value is -2.22. The van der Waals surface area contributed by atoms with E-state index in [1.807, 2.05) is 25.1 Å². The van der Waals surface area contributed by atoms with Crippen LogP contribution in [0.3, 0.4) is 0 Å². The molecule has 2 aromatic rings. The summed E-state index contributed by atoms with van der Waals surface area (Å²) in [4.78, 5) is 13.2. The van der Waals surface area contributed by atoms with Crippen molar-refractivity contribution in [2.45, 2.75) is 57.7 Å². The minimum Gasteiger partial charge on any atom is -0.367 e. The van der Waals surface area contributed by atoms with Crippen molar-refractivity contribution in [2.24, 2.45) is 0 Å². The number of likely N-dealkylation sites (tertiary alicyclic amines) is 1. The van der Waals surface area contributed by atoms with Crippen molar-refractivity contribution in [1.82, 2.24) is 29.6 Å². The summed E-state index contributed by atoms with van der Waals surface area (Å²) in [6.45, 7) is 4.15. The van der Waals surface area contributed by atoms with Gasteiger partial charge in [-0.3, -0.25) is 4.90 Å². The topological polar surface area (TPSA) is 75.0 Å². The lowest BCUT2D eigenvalue weighted by atomic mass is 10.1. The molecule has 2 aliphatic rings. The molecular weight excluding hydrogens is 340 g/mol. The molecule has 0 amide bonds. The maximum atomic E-state index is 4.48. The van der Waals surface area contributed by atoms with E-state index >= 15 is 0 Å². The van der Waals surface area contributed by atoms with Crippen LogP contribution >= 0.6 is 0 Å². The van der Waals surface area contributed by atoms with Crippen LogP contribution in [-0.4, -0.2) is 62.9 Å². The number of anilines is 2. The zero-order chi connectivity index (χ0) is 18.6. The number of fused-ring (bicyclic) bond motifs is 1. The summed E-state index contributed by atoms with van der Waals surface area (Å²) in [5.74, 6) is 4.16. The lowest BCUT2D eigenvalue weighted by Crippen LogP contribution is -2.39. The van der Waals surface area contributed by atoms with Gasteiger partial charge in [-0.05, 0) is 25.7 Å². The molecule has 8 nitrogen and oxygen atoms in total. The van der Waals surface area contributed by atoms with Crippen LogP contribution in [0.1, 0.15) is 43.8 Å². The first-order chi connectivity index (χ1) is 13.2. The number of hydrogen-bond donors (Lipinski definition) is 1. The van der Waals surface area contributed by atoms with Gasteiger partial charge in [0.15, 0.2) is 0 Å². The highest BCUT2D eigenvalue weighted by molar-refractivity contribution is 5.47. The second-order valence-electron chi connectivity index (χ2n) is 7.85. The maximum Gasteiger partial charge on any atom is 0.147 e. The van der Waals surface area contributed by atoms with Crippen LogP contribution in [0.5, 0.6) is 0 Å². The maximum absolute atomic E-state index is 4.48. The highest BCUT2D eigenvalue weighted by Crippen LogP contribution is 2.20. The van der Waals surface area contributed by atoms with Crippen LogP contribution in [0, 0.1) is 0 Å². The summed E-state index contributed by atoms with van der Waals surface area (Å²) in [6, 6.07) is 2.47. The molecule has 4 heterocycles. The largest absolute Gasteiger partial charge is 0.367 e. The van der Waals surface area contributed by atoms with E-state index in [0.717, 1.165) is 62.9 Å². The van der Waals surface area contributed by atoms with Gasteiger partial charge < -0.3 is 14.8 Å². The molecule has 0 aromatic carbocycles. The fraction of sp³-hybridized carbons (Fsp3) is 0.684. The normalized spacial score (nSPS) is 18.7. The standard InChI is InChI=1S/C19H30N8/c1-25(2)18-12-16(20-14-21-18)22-15-7-10-26(11-8-15)13-19-24-23-17-6-4-3-5-9-27(17)19/h12,14-15H,3-11,13H2,1-2H3,(H,20,21,22). The SMILES string of the molecule is CN(C)c1cc(NC2CCN(Cc3nnc4n3CCCCC4)CC2)ncn1. The Morgan fingerprint density at radius 2 is 1.93 bits per heavy atom. The Kier molecular flexibility index (Phi) is 5.52. The quantitative estimate of drug-likeness (QED) is 0.862. The molecule has 146 valence electrons. The van der Waals surface area contributed by atoms with Gasteiger partial charge in [0, 0.05) is 52.3 Å². The van der Waals surface area contributed by atoms with Crippen molar-refractivity contribution in [3.05, 3.63) is 24.0 Å². The van der Waals surface area contributed by atoms with Crippen LogP contribution in [0.2, 0.25) is 0 Å². The monoisotopic (exact) mass is 370 g/mol. The summed E-state index contributed by atoms with van der Waals surface area (Å²) in [5, 5.41) is 12.5. The second kappa shape index (κ2) is 8.21. The zero-order valence-electron chi connectivity index (χ0n) is 16.4. The number of nitrogens with one attached hydrogen (secondary N) is 1. The molecule has 27 heavy (non-hydrogen) atoms. The summed E-state index contributed by atoms with van der Waals surface area (Å²) in [6.07, 6.45) is 8.73. The van der Waals surface area contributed by atoms with E-state index in [2.05, 4.69) is 34.9 Å². The van der Waals surface area contributed by atoms with E-state index in [1.54, 1.807) is 6.33 Å². The predicted molar refractivity (Wildman–Crippen MR) is 106 cm³/mol. The molecule has 0 atom stereocenters. The zero-order valence-corrected chi connectivity index (χ0v) is 16.4. The number of aromatic nitrogens is 5. The number of nitrogens with zero attached hydrogens (tertiary/aromatic N) is 7. The number of rotatable bonds is 5. The molecule has 0 radical (unpaired) electrons. The second-order valence-corrected chi connectivity index (χ2v) is 7.85. The van der Waals surface area contributed by atoms with Crippen LogP contribution in [-0.2, 0) is 19.5 Å². The fourth-order valence-electron chi connectivity index (χ4n) is 3.98. The third-order valence-electron chi connectivity index (χ3n) is 5.60. The third-order valence-corrected chi connectivity index (χ3v) is 5.60. The molecule has 0 saturated carbocycles. The summed E-state index contributed by atoms with van der Waals surface area (Å²) in [5.41, 5.74) is 0. The van der Waals surface area contributed by atoms with Gasteiger partial charge in [-0.25, -0.2) is 9.97 Å². The van der Waals surface area contributed by atoms with Gasteiger partial charge in [0.1, 0.15) is 29.6 Å². The van der Waals surface area contributed by atoms with Crippen LogP contribution in [0.25, 0.3) is 0 Å². The van der Waals surface area contributed by atoms with Crippen LogP contribution in [0.4, 0.5) is 11.6 Å². The molecule has 0 spiro atoms. The van der Waals surface area contributed by atoms with Gasteiger partial charge in [0.2, 0.25) is 0 Å². The Morgan fingerprint density at radius 1 is 1.07 bits per heavy atom. The Balaban J connectivity index is 1.31. The average Bonchev–Trinajstić information content (AvgIpc) is 2.89. The molecule has 1 fully saturated rings. The van der Waals surface area contributed by atoms with E-state index in [9.17, 15) is 0 Å². The molecule has 0 unspecified atom stereocenters. The fourth-order valence-corrected chi connectivity index (χ4v) is 3.98. The Bertz CT molecular complexity index is 748. The number of piperidine rings is 1. The number of aryl methyl sites for hydroxylation is 1. The third kappa shape index (κ3) is 4.37. The predicted octanol–water partition coefficient (Wildman–Crippen LogP) is 1.94. The van der Waals surface area contributed by atoms with Crippen molar-refractivity contribution in [1.29, 1.82) is 0 Å². The lowest BCUT2D eigenvalue weighted by Gasteiger charge is -2.32. The smallest absolute Gasteiger partial charge is 0.147 e. The van der Waals surface area contributed by atoms with Gasteiger partial charge in [-0.2, -0.15) is 0 Å². The first-order valence-electron chi connectivity index (χ1n) is 10.1. The van der Waals surface area contributed by atoms with E-state index in [0.29, 0.717) is 6.04 Å². The number of hydrogen-bond acceptors (Lipinski definition) is 7. The van der Waals surface area contributed by atoms with Crippen molar-refractivity contribution in [3.8, 4) is 0 Å². The van der Waals surface area contributed by atoms with Gasteiger partial charge in [-0.15, -0.1) is 10.2 Å². The molecule has 4 rings (SSSR count). The highest BCUT2D eigenvalue weighted by atomic mass is 15.3. The summed E-state index contributed by atoms with van der Waals surface area (Å²) < 4.78 is 2.36. The van der Waals surface area contributed by atoms with E-state index < -0.39 is 0 Å². The van der Waals surface area contributed by atoms with Crippen molar-refractivity contribution in [3.63, 3.8) is 0 Å². The van der Waals surface area contributed by atoms with Crippen molar-refractivity contribution >= 4 is 11.6 Å². The molecule has 8 heteroatoms. The molecule has 2 aliphatic heterocycles. The van der Waals surface area contributed by atoms with Gasteiger partial charge >= 0.3 is 0 Å². The van der Waals surface area contributed by atoms with E-state index in [4.69, 9.17) is 0 Å². The van der Waals surface area contributed by atoms with Crippen molar-refractivity contribution in [2.75, 3.05) is 37.4 Å². The van der Waals surface area contributed by atoms with Crippen LogP contribution < -0.4 is 10.2 Å². The molecule has 2 aromatic heterocycles. The van der Waals surface area contributed by atoms with Gasteiger partial charge in [0.05, 0.1) is 6.54 Å². The van der Waals surface area contributed by atoms with Crippen molar-refractivity contribution < 1.29 is 0 Å². The molecule has 1 saturated heterocycles. The van der Waals surface area contributed by atoms with E-state index in [-0.39, 0.29) is 0 Å². The molecule has 0 aliphatic carbocycles. The first-order valence-corrected chi connectivity index (χ1v) is 10.1. The van der Waals surface area contributed by atoms with Crippen LogP contribution in [0.15, 0.2) is 12.4 Å². The molecular formula is C19H30N8. The van der Waals surface area contributed by atoms with E-state index in [1.165, 1.54) is 25.1 Å². The van der Waals surface area contributed by atoms with Gasteiger partial charge in [0.25, 0.3) is 0 Å². The minimum absolute atomic E-state index is 0.460. The first kappa shape index (κ1) is 18.2. The summed E-state index contributed by atoms with van der Waals surface area (Å²) >= 11 is 0. The minimum atomic E-state index is 0.460. The highest BCUT2D eigenvalue weighted by Gasteiger charge is 2.22.